The summed E-state index contributed by atoms with van der Waals surface area (Å²) >= 11 is 0. The predicted molar refractivity (Wildman–Crippen MR) is 79.8 cm³/mol. The average Bonchev–Trinajstić information content (AvgIpc) is 2.44. The molecule has 0 aromatic heterocycles. The Morgan fingerprint density at radius 1 is 1.33 bits per heavy atom. The summed E-state index contributed by atoms with van der Waals surface area (Å²) in [4.78, 5) is 25.0. The van der Waals surface area contributed by atoms with Crippen molar-refractivity contribution in [1.29, 1.82) is 0 Å². The predicted octanol–water partition coefficient (Wildman–Crippen LogP) is 1.27. The number of fused-ring (bicyclic) bond motifs is 1. The van der Waals surface area contributed by atoms with E-state index in [-0.39, 0.29) is 24.4 Å². The second kappa shape index (κ2) is 6.72. The minimum Gasteiger partial charge on any atom is -0.480 e. The van der Waals surface area contributed by atoms with Crippen molar-refractivity contribution < 1.29 is 14.7 Å². The van der Waals surface area contributed by atoms with Gasteiger partial charge in [0.2, 0.25) is 5.91 Å². The van der Waals surface area contributed by atoms with Crippen LogP contribution in [0.5, 0.6) is 0 Å². The molecule has 2 N–H and O–H groups in total. The molecule has 1 aromatic carbocycles. The molecule has 1 aliphatic heterocycles. The Labute approximate surface area is 125 Å². The van der Waals surface area contributed by atoms with Gasteiger partial charge in [0.25, 0.3) is 0 Å². The molecule has 1 aliphatic rings. The second-order valence-electron chi connectivity index (χ2n) is 5.91. The Bertz CT molecular complexity index is 528. The number of aliphatic carboxylic acids is 1. The summed E-state index contributed by atoms with van der Waals surface area (Å²) in [6.07, 6.45) is 0.614. The number of carbonyl (C=O) groups excluding carboxylic acids is 1. The topological polar surface area (TPSA) is 69.6 Å². The third-order valence-corrected chi connectivity index (χ3v) is 3.60. The first-order valence-corrected chi connectivity index (χ1v) is 7.28. The second-order valence-corrected chi connectivity index (χ2v) is 5.91. The molecule has 21 heavy (non-hydrogen) atoms. The number of rotatable bonds is 5. The first-order valence-electron chi connectivity index (χ1n) is 7.28. The molecular weight excluding hydrogens is 268 g/mol. The molecule has 1 heterocycles. The summed E-state index contributed by atoms with van der Waals surface area (Å²) < 4.78 is 0. The molecular formula is C16H22N2O3. The lowest BCUT2D eigenvalue weighted by Crippen LogP contribution is -2.51. The van der Waals surface area contributed by atoms with Gasteiger partial charge >= 0.3 is 5.97 Å². The molecule has 1 aromatic rings. The first-order chi connectivity index (χ1) is 9.97. The van der Waals surface area contributed by atoms with E-state index in [4.69, 9.17) is 5.11 Å². The van der Waals surface area contributed by atoms with Crippen LogP contribution in [-0.2, 0) is 22.6 Å². The van der Waals surface area contributed by atoms with Crippen molar-refractivity contribution in [3.63, 3.8) is 0 Å². The molecule has 2 rings (SSSR count). The minimum absolute atomic E-state index is 0.124. The average molecular weight is 290 g/mol. The molecule has 5 heteroatoms. The van der Waals surface area contributed by atoms with E-state index in [1.165, 1.54) is 10.5 Å². The zero-order valence-corrected chi connectivity index (χ0v) is 12.5. The highest BCUT2D eigenvalue weighted by Gasteiger charge is 2.29. The van der Waals surface area contributed by atoms with E-state index < -0.39 is 5.97 Å². The smallest absolute Gasteiger partial charge is 0.323 e. The first kappa shape index (κ1) is 15.5. The number of carboxylic acid groups (broad SMARTS) is 1. The van der Waals surface area contributed by atoms with E-state index in [0.29, 0.717) is 19.5 Å². The van der Waals surface area contributed by atoms with E-state index >= 15 is 0 Å². The number of amides is 1. The van der Waals surface area contributed by atoms with Gasteiger partial charge in [-0.3, -0.25) is 9.59 Å². The summed E-state index contributed by atoms with van der Waals surface area (Å²) in [5, 5.41) is 12.2. The highest BCUT2D eigenvalue weighted by atomic mass is 16.4. The lowest BCUT2D eigenvalue weighted by molar-refractivity contribution is -0.145. The molecule has 0 aliphatic carbocycles. The summed E-state index contributed by atoms with van der Waals surface area (Å²) in [5.74, 6) is -0.856. The highest BCUT2D eigenvalue weighted by molar-refractivity contribution is 5.86. The van der Waals surface area contributed by atoms with Crippen LogP contribution in [0.15, 0.2) is 24.3 Å². The van der Waals surface area contributed by atoms with E-state index in [9.17, 15) is 9.59 Å². The number of carbonyl (C=O) groups is 2. The van der Waals surface area contributed by atoms with Crippen molar-refractivity contribution >= 4 is 11.9 Å². The van der Waals surface area contributed by atoms with E-state index in [1.807, 2.05) is 38.1 Å². The van der Waals surface area contributed by atoms with Gasteiger partial charge in [-0.1, -0.05) is 38.1 Å². The van der Waals surface area contributed by atoms with E-state index in [0.717, 1.165) is 5.56 Å². The van der Waals surface area contributed by atoms with Crippen LogP contribution in [0, 0.1) is 5.92 Å². The molecule has 1 atom stereocenters. The lowest BCUT2D eigenvalue weighted by Gasteiger charge is -2.31. The maximum absolute atomic E-state index is 12.6. The van der Waals surface area contributed by atoms with Crippen LogP contribution in [0.2, 0.25) is 0 Å². The van der Waals surface area contributed by atoms with Gasteiger partial charge in [0, 0.05) is 13.1 Å². The van der Waals surface area contributed by atoms with Crippen LogP contribution in [0.3, 0.4) is 0 Å². The van der Waals surface area contributed by atoms with Crippen LogP contribution in [0.25, 0.3) is 0 Å². The molecule has 0 bridgehead atoms. The van der Waals surface area contributed by atoms with E-state index in [1.54, 1.807) is 0 Å². The summed E-state index contributed by atoms with van der Waals surface area (Å²) in [6.45, 7) is 4.83. The molecule has 1 amide bonds. The Balaban J connectivity index is 2.09. The van der Waals surface area contributed by atoms with Crippen molar-refractivity contribution in [2.24, 2.45) is 5.92 Å². The quantitative estimate of drug-likeness (QED) is 0.857. The van der Waals surface area contributed by atoms with Gasteiger partial charge in [-0.2, -0.15) is 0 Å². The number of nitrogens with one attached hydrogen (secondary N) is 1. The maximum atomic E-state index is 12.6. The number of hydrogen-bond donors (Lipinski definition) is 2. The maximum Gasteiger partial charge on any atom is 0.323 e. The normalized spacial score (nSPS) is 17.4. The van der Waals surface area contributed by atoms with Crippen molar-refractivity contribution in [2.75, 3.05) is 13.1 Å². The van der Waals surface area contributed by atoms with Crippen molar-refractivity contribution in [2.45, 2.75) is 32.9 Å². The zero-order valence-electron chi connectivity index (χ0n) is 12.5. The molecule has 114 valence electrons. The number of carboxylic acids is 1. The van der Waals surface area contributed by atoms with Gasteiger partial charge < -0.3 is 15.3 Å². The molecule has 0 radical (unpaired) electrons. The molecule has 0 saturated carbocycles. The Hall–Kier alpha value is -1.88. The third-order valence-electron chi connectivity index (χ3n) is 3.60. The van der Waals surface area contributed by atoms with Gasteiger partial charge in [-0.15, -0.1) is 0 Å². The van der Waals surface area contributed by atoms with Crippen molar-refractivity contribution in [3.8, 4) is 0 Å². The minimum atomic E-state index is -0.972. The lowest BCUT2D eigenvalue weighted by atomic mass is 9.95. The zero-order chi connectivity index (χ0) is 15.4. The summed E-state index contributed by atoms with van der Waals surface area (Å²) in [7, 11) is 0. The van der Waals surface area contributed by atoms with Crippen LogP contribution in [0.4, 0.5) is 0 Å². The van der Waals surface area contributed by atoms with Gasteiger partial charge in [0.1, 0.15) is 6.54 Å². The Morgan fingerprint density at radius 2 is 2.00 bits per heavy atom. The van der Waals surface area contributed by atoms with Crippen LogP contribution < -0.4 is 5.32 Å². The van der Waals surface area contributed by atoms with Gasteiger partial charge in [-0.05, 0) is 23.5 Å². The van der Waals surface area contributed by atoms with Crippen LogP contribution >= 0.6 is 0 Å². The number of benzene rings is 1. The van der Waals surface area contributed by atoms with Gasteiger partial charge in [0.05, 0.1) is 6.04 Å². The Kier molecular flexibility index (Phi) is 4.96. The SMILES string of the molecule is CC(C)CN(CC(=O)O)C(=O)[C@@H]1Cc2ccccc2CN1. The monoisotopic (exact) mass is 290 g/mol. The summed E-state index contributed by atoms with van der Waals surface area (Å²) in [6, 6.07) is 7.69. The highest BCUT2D eigenvalue weighted by Crippen LogP contribution is 2.17. The molecule has 0 spiro atoms. The molecule has 0 saturated heterocycles. The van der Waals surface area contributed by atoms with Crippen molar-refractivity contribution in [1.82, 2.24) is 10.2 Å². The van der Waals surface area contributed by atoms with E-state index in [2.05, 4.69) is 5.32 Å². The summed E-state index contributed by atoms with van der Waals surface area (Å²) in [5.41, 5.74) is 2.37. The Morgan fingerprint density at radius 3 is 2.62 bits per heavy atom. The molecule has 0 unspecified atom stereocenters. The number of nitrogens with zero attached hydrogens (tertiary/aromatic N) is 1. The molecule has 5 nitrogen and oxygen atoms in total. The largest absolute Gasteiger partial charge is 0.480 e. The fourth-order valence-electron chi connectivity index (χ4n) is 2.69. The molecule has 0 fully saturated rings. The van der Waals surface area contributed by atoms with Crippen molar-refractivity contribution in [3.05, 3.63) is 35.4 Å². The fourth-order valence-corrected chi connectivity index (χ4v) is 2.69. The third kappa shape index (κ3) is 4.04. The number of hydrogen-bond acceptors (Lipinski definition) is 3. The standard InChI is InChI=1S/C16H22N2O3/c1-11(2)9-18(10-15(19)20)16(21)14-7-12-5-3-4-6-13(12)8-17-14/h3-6,11,14,17H,7-10H2,1-2H3,(H,19,20)/t14-/m0/s1. The van der Waals surface area contributed by atoms with Gasteiger partial charge in [-0.25, -0.2) is 0 Å². The fraction of sp³-hybridized carbons (Fsp3) is 0.500. The van der Waals surface area contributed by atoms with Crippen LogP contribution in [-0.4, -0.2) is 41.0 Å². The van der Waals surface area contributed by atoms with Gasteiger partial charge in [0.15, 0.2) is 0 Å². The van der Waals surface area contributed by atoms with Crippen LogP contribution in [0.1, 0.15) is 25.0 Å².